The van der Waals surface area contributed by atoms with Gasteiger partial charge in [0, 0.05) is 16.1 Å². The van der Waals surface area contributed by atoms with E-state index in [4.69, 9.17) is 9.98 Å². The van der Waals surface area contributed by atoms with E-state index in [0.29, 0.717) is 0 Å². The lowest BCUT2D eigenvalue weighted by atomic mass is 10.0. The van der Waals surface area contributed by atoms with Crippen LogP contribution in [0.1, 0.15) is 63.5 Å². The van der Waals surface area contributed by atoms with Crippen molar-refractivity contribution in [1.82, 2.24) is 0 Å². The Labute approximate surface area is 224 Å². The number of benzene rings is 2. The van der Waals surface area contributed by atoms with Crippen LogP contribution in [-0.4, -0.2) is 27.6 Å². The molecule has 0 unspecified atom stereocenters. The van der Waals surface area contributed by atoms with E-state index < -0.39 is 16.1 Å². The van der Waals surface area contributed by atoms with Crippen LogP contribution in [-0.2, 0) is 12.8 Å². The molecule has 2 aromatic rings. The maximum Gasteiger partial charge on any atom is 0.0636 e. The normalized spacial score (nSPS) is 13.3. The average Bonchev–Trinajstić information content (AvgIpc) is 2.81. The van der Waals surface area contributed by atoms with Gasteiger partial charge in [-0.25, -0.2) is 0 Å². The Morgan fingerprint density at radius 3 is 1.33 bits per heavy atom. The smallest absolute Gasteiger partial charge is 0.0636 e. The topological polar surface area (TPSA) is 24.7 Å². The first kappa shape index (κ1) is 30.4. The summed E-state index contributed by atoms with van der Waals surface area (Å²) in [7, 11) is -2.11. The van der Waals surface area contributed by atoms with Crippen molar-refractivity contribution in [3.63, 3.8) is 0 Å². The van der Waals surface area contributed by atoms with E-state index in [1.165, 1.54) is 47.5 Å². The van der Waals surface area contributed by atoms with Gasteiger partial charge in [0.15, 0.2) is 0 Å². The third-order valence-electron chi connectivity index (χ3n) is 6.54. The second-order valence-corrected chi connectivity index (χ2v) is 24.0. The van der Waals surface area contributed by atoms with Crippen molar-refractivity contribution in [2.75, 3.05) is 0 Å². The van der Waals surface area contributed by atoms with Gasteiger partial charge in [-0.1, -0.05) is 102 Å². The number of unbranched alkanes of at least 4 members (excludes halogenated alkanes) is 2. The number of rotatable bonds is 15. The van der Waals surface area contributed by atoms with Crippen molar-refractivity contribution in [1.29, 1.82) is 0 Å². The summed E-state index contributed by atoms with van der Waals surface area (Å²) in [5, 5.41) is 0. The molecule has 2 rings (SSSR count). The lowest BCUT2D eigenvalue weighted by Crippen LogP contribution is -2.19. The number of nitrogens with zero attached hydrogens (tertiary/aromatic N) is 2. The first-order chi connectivity index (χ1) is 17.0. The molecule has 0 radical (unpaired) electrons. The minimum absolute atomic E-state index is 0.994. The average molecular weight is 521 g/mol. The van der Waals surface area contributed by atoms with Gasteiger partial charge in [0.05, 0.1) is 22.8 Å². The maximum absolute atomic E-state index is 5.24. The first-order valence-electron chi connectivity index (χ1n) is 14.3. The summed E-state index contributed by atoms with van der Waals surface area (Å²) in [5.41, 5.74) is 7.36. The predicted molar refractivity (Wildman–Crippen MR) is 170 cm³/mol. The zero-order valence-electron chi connectivity index (χ0n) is 24.6. The molecule has 0 aliphatic heterocycles. The fraction of sp³-hybridized carbons (Fsp3) is 0.562. The molecular formula is C32H52N2Si2. The molecule has 0 spiro atoms. The molecule has 36 heavy (non-hydrogen) atoms. The van der Waals surface area contributed by atoms with Gasteiger partial charge in [0.25, 0.3) is 0 Å². The Bertz CT molecular complexity index is 912. The van der Waals surface area contributed by atoms with Crippen molar-refractivity contribution in [2.45, 2.75) is 117 Å². The molecule has 0 amide bonds. The summed E-state index contributed by atoms with van der Waals surface area (Å²) < 4.78 is 0. The van der Waals surface area contributed by atoms with Gasteiger partial charge in [-0.05, 0) is 73.9 Å². The minimum Gasteiger partial charge on any atom is -0.252 e. The van der Waals surface area contributed by atoms with Gasteiger partial charge >= 0.3 is 0 Å². The Morgan fingerprint density at radius 1 is 0.611 bits per heavy atom. The zero-order valence-corrected chi connectivity index (χ0v) is 26.6. The predicted octanol–water partition coefficient (Wildman–Crippen LogP) is 10.7. The van der Waals surface area contributed by atoms with E-state index >= 15 is 0 Å². The van der Waals surface area contributed by atoms with Crippen LogP contribution in [0.15, 0.2) is 58.5 Å². The Hall–Kier alpha value is -1.79. The third-order valence-corrected chi connectivity index (χ3v) is 10.0. The largest absolute Gasteiger partial charge is 0.252 e. The van der Waals surface area contributed by atoms with Crippen LogP contribution in [0.25, 0.3) is 0 Å². The fourth-order valence-corrected chi connectivity index (χ4v) is 6.21. The van der Waals surface area contributed by atoms with E-state index in [2.05, 4.69) is 102 Å². The number of hydrogen-bond acceptors (Lipinski definition) is 2. The van der Waals surface area contributed by atoms with Crippen LogP contribution >= 0.6 is 0 Å². The molecule has 0 bridgehead atoms. The van der Waals surface area contributed by atoms with Gasteiger partial charge in [0.2, 0.25) is 0 Å². The highest BCUT2D eigenvalue weighted by atomic mass is 28.3. The van der Waals surface area contributed by atoms with Crippen molar-refractivity contribution < 1.29 is 0 Å². The van der Waals surface area contributed by atoms with Crippen molar-refractivity contribution >= 4 is 38.9 Å². The monoisotopic (exact) mass is 520 g/mol. The summed E-state index contributed by atoms with van der Waals surface area (Å²) in [6.45, 7) is 19.2. The first-order valence-corrected chi connectivity index (χ1v) is 21.7. The summed E-state index contributed by atoms with van der Waals surface area (Å²) in [6, 6.07) is 20.5. The van der Waals surface area contributed by atoms with Crippen LogP contribution in [0.2, 0.25) is 51.4 Å². The second kappa shape index (κ2) is 14.8. The van der Waals surface area contributed by atoms with Gasteiger partial charge in [0.1, 0.15) is 0 Å². The molecule has 0 fully saturated rings. The highest BCUT2D eigenvalue weighted by molar-refractivity contribution is 6.76. The van der Waals surface area contributed by atoms with Crippen molar-refractivity contribution in [3.8, 4) is 0 Å². The van der Waals surface area contributed by atoms with E-state index in [-0.39, 0.29) is 0 Å². The van der Waals surface area contributed by atoms with Crippen LogP contribution in [0.5, 0.6) is 0 Å². The molecule has 4 heteroatoms. The Balaban J connectivity index is 2.39. The second-order valence-electron chi connectivity index (χ2n) is 12.8. The van der Waals surface area contributed by atoms with Crippen molar-refractivity contribution in [3.05, 3.63) is 59.7 Å². The molecule has 0 saturated carbocycles. The lowest BCUT2D eigenvalue weighted by Gasteiger charge is -2.16. The number of aliphatic imine (C=N–C) groups is 2. The van der Waals surface area contributed by atoms with E-state index in [1.54, 1.807) is 0 Å². The summed E-state index contributed by atoms with van der Waals surface area (Å²) >= 11 is 0. The van der Waals surface area contributed by atoms with E-state index in [1.807, 2.05) is 0 Å². The van der Waals surface area contributed by atoms with E-state index in [9.17, 15) is 0 Å². The standard InChI is InChI=1S/C32H52N2Si2/c1-9-11-19-31(33-29-17-13-15-27(25-29)21-23-35(3,4)5)32(20-12-10-2)34-30-18-14-16-28(26-30)22-24-36(6,7)8/h13-18,25-26H,9-12,19-24H2,1-8H3. The molecular weight excluding hydrogens is 469 g/mol. The van der Waals surface area contributed by atoms with Gasteiger partial charge in [-0.15, -0.1) is 0 Å². The quantitative estimate of drug-likeness (QED) is 0.165. The highest BCUT2D eigenvalue weighted by Gasteiger charge is 2.15. The summed E-state index contributed by atoms with van der Waals surface area (Å²) in [5.74, 6) is 0. The molecule has 0 heterocycles. The lowest BCUT2D eigenvalue weighted by molar-refractivity contribution is 0.824. The summed E-state index contributed by atoms with van der Waals surface area (Å²) in [6.07, 6.45) is 8.94. The maximum atomic E-state index is 5.24. The van der Waals surface area contributed by atoms with Crippen molar-refractivity contribution in [2.24, 2.45) is 9.98 Å². The molecule has 0 aliphatic carbocycles. The molecule has 0 saturated heterocycles. The van der Waals surface area contributed by atoms with Gasteiger partial charge in [-0.3, -0.25) is 9.98 Å². The Kier molecular flexibility index (Phi) is 12.5. The minimum atomic E-state index is -1.06. The molecule has 0 aromatic heterocycles. The molecule has 0 N–H and O–H groups in total. The highest BCUT2D eigenvalue weighted by Crippen LogP contribution is 2.23. The van der Waals surface area contributed by atoms with Crippen LogP contribution in [0, 0.1) is 0 Å². The molecule has 198 valence electrons. The van der Waals surface area contributed by atoms with Crippen LogP contribution < -0.4 is 0 Å². The van der Waals surface area contributed by atoms with E-state index in [0.717, 1.165) is 49.9 Å². The third kappa shape index (κ3) is 12.4. The zero-order chi connectivity index (χ0) is 26.6. The molecule has 0 atom stereocenters. The number of hydrogen-bond donors (Lipinski definition) is 0. The summed E-state index contributed by atoms with van der Waals surface area (Å²) in [4.78, 5) is 10.5. The van der Waals surface area contributed by atoms with Crippen LogP contribution in [0.4, 0.5) is 11.4 Å². The molecule has 2 aromatic carbocycles. The Morgan fingerprint density at radius 2 is 1.00 bits per heavy atom. The molecule has 0 aliphatic rings. The van der Waals surface area contributed by atoms with Crippen LogP contribution in [0.3, 0.4) is 0 Å². The van der Waals surface area contributed by atoms with Gasteiger partial charge in [-0.2, -0.15) is 0 Å². The number of aryl methyl sites for hydroxylation is 2. The SMILES string of the molecule is CCCCC(=Nc1cccc(CC[Si](C)(C)C)c1)C(CCCC)=Nc1cccc(CC[Si](C)(C)C)c1. The molecule has 2 nitrogen and oxygen atoms in total. The fourth-order valence-electron chi connectivity index (χ4n) is 4.13. The van der Waals surface area contributed by atoms with Gasteiger partial charge < -0.3 is 0 Å².